The second-order valence-electron chi connectivity index (χ2n) is 5.66. The molecular formula is C16H26N2O3. The summed E-state index contributed by atoms with van der Waals surface area (Å²) in [6.07, 6.45) is -0.163. The average Bonchev–Trinajstić information content (AvgIpc) is 2.47. The molecule has 3 atom stereocenters. The van der Waals surface area contributed by atoms with Crippen molar-refractivity contribution in [2.75, 3.05) is 31.2 Å². The lowest BCUT2D eigenvalue weighted by atomic mass is 10.0. The molecule has 2 rings (SSSR count). The van der Waals surface area contributed by atoms with Crippen LogP contribution in [0.1, 0.15) is 32.4 Å². The summed E-state index contributed by atoms with van der Waals surface area (Å²) >= 11 is 0. The predicted octanol–water partition coefficient (Wildman–Crippen LogP) is 1.65. The molecule has 5 nitrogen and oxygen atoms in total. The van der Waals surface area contributed by atoms with Gasteiger partial charge in [0.1, 0.15) is 5.75 Å². The maximum atomic E-state index is 10.3. The van der Waals surface area contributed by atoms with E-state index < -0.39 is 0 Å². The lowest BCUT2D eigenvalue weighted by Gasteiger charge is -2.39. The maximum absolute atomic E-state index is 10.3. The number of ether oxygens (including phenoxy) is 1. The highest BCUT2D eigenvalue weighted by Gasteiger charge is 2.26. The summed E-state index contributed by atoms with van der Waals surface area (Å²) in [5.41, 5.74) is 1.87. The fraction of sp³-hybridized carbons (Fsp3) is 0.625. The first kappa shape index (κ1) is 16.1. The SMILES string of the molecule is CCNC(C)c1ccc(N2CC(CO)OCC2C)cc1O. The maximum Gasteiger partial charge on any atom is 0.122 e. The van der Waals surface area contributed by atoms with Crippen LogP contribution in [0.2, 0.25) is 0 Å². The minimum absolute atomic E-state index is 0.0186. The Morgan fingerprint density at radius 2 is 2.24 bits per heavy atom. The first-order valence-corrected chi connectivity index (χ1v) is 7.62. The highest BCUT2D eigenvalue weighted by atomic mass is 16.5. The van der Waals surface area contributed by atoms with Crippen LogP contribution in [0.4, 0.5) is 5.69 Å². The molecule has 1 aromatic rings. The minimum Gasteiger partial charge on any atom is -0.508 e. The van der Waals surface area contributed by atoms with Gasteiger partial charge in [0.25, 0.3) is 0 Å². The van der Waals surface area contributed by atoms with Crippen molar-refractivity contribution in [2.24, 2.45) is 0 Å². The standard InChI is InChI=1S/C16H26N2O3/c1-4-17-12(3)15-6-5-13(7-16(15)20)18-8-14(9-19)21-10-11(18)2/h5-7,11-12,14,17,19-20H,4,8-10H2,1-3H3. The Balaban J connectivity index is 2.18. The van der Waals surface area contributed by atoms with Gasteiger partial charge in [0.05, 0.1) is 19.3 Å². The van der Waals surface area contributed by atoms with E-state index in [0.29, 0.717) is 18.9 Å². The van der Waals surface area contributed by atoms with Crippen LogP contribution in [-0.4, -0.2) is 48.7 Å². The van der Waals surface area contributed by atoms with Gasteiger partial charge in [0.15, 0.2) is 0 Å². The molecule has 1 heterocycles. The van der Waals surface area contributed by atoms with Gasteiger partial charge < -0.3 is 25.2 Å². The van der Waals surface area contributed by atoms with E-state index in [-0.39, 0.29) is 24.8 Å². The van der Waals surface area contributed by atoms with Gasteiger partial charge in [-0.05, 0) is 26.5 Å². The summed E-state index contributed by atoms with van der Waals surface area (Å²) in [6.45, 7) is 8.27. The molecule has 1 aliphatic rings. The van der Waals surface area contributed by atoms with Crippen molar-refractivity contribution >= 4 is 5.69 Å². The number of aliphatic hydroxyl groups is 1. The van der Waals surface area contributed by atoms with E-state index in [9.17, 15) is 10.2 Å². The second-order valence-corrected chi connectivity index (χ2v) is 5.66. The molecule has 1 aromatic carbocycles. The van der Waals surface area contributed by atoms with Crippen LogP contribution in [0.15, 0.2) is 18.2 Å². The van der Waals surface area contributed by atoms with Crippen molar-refractivity contribution in [3.8, 4) is 5.75 Å². The third-order valence-corrected chi connectivity index (χ3v) is 4.03. The molecular weight excluding hydrogens is 268 g/mol. The average molecular weight is 294 g/mol. The zero-order chi connectivity index (χ0) is 15.4. The van der Waals surface area contributed by atoms with Gasteiger partial charge in [-0.15, -0.1) is 0 Å². The minimum atomic E-state index is -0.163. The molecule has 1 fully saturated rings. The normalized spacial score (nSPS) is 24.1. The summed E-state index contributed by atoms with van der Waals surface area (Å²) in [5.74, 6) is 0.306. The van der Waals surface area contributed by atoms with Crippen LogP contribution in [0.5, 0.6) is 5.75 Å². The van der Waals surface area contributed by atoms with Gasteiger partial charge in [-0.3, -0.25) is 0 Å². The van der Waals surface area contributed by atoms with Crippen LogP contribution in [-0.2, 0) is 4.74 Å². The molecule has 0 aliphatic carbocycles. The largest absolute Gasteiger partial charge is 0.508 e. The first-order chi connectivity index (χ1) is 10.1. The van der Waals surface area contributed by atoms with Crippen LogP contribution in [0.25, 0.3) is 0 Å². The fourth-order valence-electron chi connectivity index (χ4n) is 2.78. The number of aliphatic hydroxyl groups excluding tert-OH is 1. The highest BCUT2D eigenvalue weighted by Crippen LogP contribution is 2.31. The van der Waals surface area contributed by atoms with Crippen LogP contribution >= 0.6 is 0 Å². The Kier molecular flexibility index (Phi) is 5.45. The summed E-state index contributed by atoms with van der Waals surface area (Å²) in [7, 11) is 0. The topological polar surface area (TPSA) is 65.0 Å². The Morgan fingerprint density at radius 1 is 1.48 bits per heavy atom. The Labute approximate surface area is 126 Å². The zero-order valence-electron chi connectivity index (χ0n) is 13.0. The molecule has 0 aromatic heterocycles. The molecule has 118 valence electrons. The second kappa shape index (κ2) is 7.11. The Bertz CT molecular complexity index is 467. The smallest absolute Gasteiger partial charge is 0.122 e. The molecule has 21 heavy (non-hydrogen) atoms. The van der Waals surface area contributed by atoms with E-state index in [1.54, 1.807) is 6.07 Å². The fourth-order valence-corrected chi connectivity index (χ4v) is 2.78. The summed E-state index contributed by atoms with van der Waals surface area (Å²) < 4.78 is 5.55. The van der Waals surface area contributed by atoms with Crippen LogP contribution in [0.3, 0.4) is 0 Å². The van der Waals surface area contributed by atoms with E-state index in [0.717, 1.165) is 17.8 Å². The number of nitrogens with zero attached hydrogens (tertiary/aromatic N) is 1. The number of phenolic OH excluding ortho intramolecular Hbond substituents is 1. The lowest BCUT2D eigenvalue weighted by Crippen LogP contribution is -2.49. The van der Waals surface area contributed by atoms with Gasteiger partial charge >= 0.3 is 0 Å². The van der Waals surface area contributed by atoms with Crippen molar-refractivity contribution in [1.29, 1.82) is 0 Å². The van der Waals surface area contributed by atoms with E-state index in [1.165, 1.54) is 0 Å². The third kappa shape index (κ3) is 3.67. The molecule has 0 amide bonds. The van der Waals surface area contributed by atoms with Crippen molar-refractivity contribution in [2.45, 2.75) is 39.0 Å². The van der Waals surface area contributed by atoms with Gasteiger partial charge in [0, 0.05) is 35.9 Å². The monoisotopic (exact) mass is 294 g/mol. The number of nitrogens with one attached hydrogen (secondary N) is 1. The van der Waals surface area contributed by atoms with E-state index in [2.05, 4.69) is 17.1 Å². The summed E-state index contributed by atoms with van der Waals surface area (Å²) in [6, 6.07) is 6.15. The van der Waals surface area contributed by atoms with Crippen LogP contribution < -0.4 is 10.2 Å². The van der Waals surface area contributed by atoms with Gasteiger partial charge in [0.2, 0.25) is 0 Å². The number of rotatable bonds is 5. The molecule has 1 aliphatic heterocycles. The van der Waals surface area contributed by atoms with Crippen LogP contribution in [0, 0.1) is 0 Å². The molecule has 5 heteroatoms. The van der Waals surface area contributed by atoms with Crippen molar-refractivity contribution in [3.05, 3.63) is 23.8 Å². The molecule has 0 bridgehead atoms. The lowest BCUT2D eigenvalue weighted by molar-refractivity contribution is -0.0103. The van der Waals surface area contributed by atoms with Gasteiger partial charge in [-0.1, -0.05) is 13.0 Å². The first-order valence-electron chi connectivity index (χ1n) is 7.62. The molecule has 0 saturated carbocycles. The summed E-state index contributed by atoms with van der Waals surface area (Å²) in [4.78, 5) is 2.17. The van der Waals surface area contributed by atoms with Gasteiger partial charge in [-0.25, -0.2) is 0 Å². The number of hydrogen-bond acceptors (Lipinski definition) is 5. The number of benzene rings is 1. The number of hydrogen-bond donors (Lipinski definition) is 3. The van der Waals surface area contributed by atoms with Crippen molar-refractivity contribution in [1.82, 2.24) is 5.32 Å². The molecule has 0 spiro atoms. The molecule has 1 saturated heterocycles. The Morgan fingerprint density at radius 3 is 2.86 bits per heavy atom. The van der Waals surface area contributed by atoms with Gasteiger partial charge in [-0.2, -0.15) is 0 Å². The molecule has 3 unspecified atom stereocenters. The zero-order valence-corrected chi connectivity index (χ0v) is 13.0. The third-order valence-electron chi connectivity index (χ3n) is 4.03. The van der Waals surface area contributed by atoms with E-state index in [1.807, 2.05) is 26.0 Å². The van der Waals surface area contributed by atoms with E-state index >= 15 is 0 Å². The van der Waals surface area contributed by atoms with E-state index in [4.69, 9.17) is 4.74 Å². The number of morpholine rings is 1. The Hall–Kier alpha value is -1.30. The quantitative estimate of drug-likeness (QED) is 0.770. The number of phenols is 1. The number of anilines is 1. The van der Waals surface area contributed by atoms with Crippen molar-refractivity contribution in [3.63, 3.8) is 0 Å². The number of aromatic hydroxyl groups is 1. The predicted molar refractivity (Wildman–Crippen MR) is 83.8 cm³/mol. The van der Waals surface area contributed by atoms with Crippen molar-refractivity contribution < 1.29 is 14.9 Å². The summed E-state index contributed by atoms with van der Waals surface area (Å²) in [5, 5.41) is 22.8. The molecule has 3 N–H and O–H groups in total. The highest BCUT2D eigenvalue weighted by molar-refractivity contribution is 5.55. The molecule has 0 radical (unpaired) electrons.